The molecule has 4 heteroatoms. The molecule has 0 radical (unpaired) electrons. The van der Waals surface area contributed by atoms with Crippen LogP contribution in [0.5, 0.6) is 11.5 Å². The van der Waals surface area contributed by atoms with Crippen LogP contribution < -0.4 is 15.2 Å². The van der Waals surface area contributed by atoms with E-state index in [-0.39, 0.29) is 5.41 Å². The Morgan fingerprint density at radius 3 is 2.68 bits per heavy atom. The molecule has 1 saturated carbocycles. The number of hydrogen-bond donors (Lipinski definition) is 1. The van der Waals surface area contributed by atoms with Gasteiger partial charge in [-0.3, -0.25) is 0 Å². The highest BCUT2D eigenvalue weighted by atomic mass is 79.9. The normalized spacial score (nSPS) is 20.6. The summed E-state index contributed by atoms with van der Waals surface area (Å²) in [5.74, 6) is 1.74. The molecule has 3 rings (SSSR count). The van der Waals surface area contributed by atoms with E-state index in [2.05, 4.69) is 28.9 Å². The lowest BCUT2D eigenvalue weighted by Gasteiger charge is -2.38. The van der Waals surface area contributed by atoms with Gasteiger partial charge < -0.3 is 15.2 Å². The molecule has 0 bridgehead atoms. The van der Waals surface area contributed by atoms with Gasteiger partial charge in [0.25, 0.3) is 0 Å². The van der Waals surface area contributed by atoms with Crippen molar-refractivity contribution in [2.75, 3.05) is 13.3 Å². The Hall–Kier alpha value is -0.740. The lowest BCUT2D eigenvalue weighted by atomic mass is 9.69. The number of rotatable bonds is 2. The highest BCUT2D eigenvalue weighted by molar-refractivity contribution is 9.10. The van der Waals surface area contributed by atoms with Crippen LogP contribution in [0.25, 0.3) is 0 Å². The van der Waals surface area contributed by atoms with Crippen LogP contribution in [0.15, 0.2) is 10.5 Å². The summed E-state index contributed by atoms with van der Waals surface area (Å²) in [6.45, 7) is 3.10. The summed E-state index contributed by atoms with van der Waals surface area (Å²) in [7, 11) is 0. The highest BCUT2D eigenvalue weighted by Crippen LogP contribution is 2.48. The summed E-state index contributed by atoms with van der Waals surface area (Å²) in [5.41, 5.74) is 8.67. The van der Waals surface area contributed by atoms with Crippen LogP contribution >= 0.6 is 15.9 Å². The van der Waals surface area contributed by atoms with E-state index in [0.29, 0.717) is 13.3 Å². The average molecular weight is 326 g/mol. The smallest absolute Gasteiger partial charge is 0.231 e. The second kappa shape index (κ2) is 4.98. The van der Waals surface area contributed by atoms with E-state index in [9.17, 15) is 0 Å². The molecule has 2 aliphatic rings. The van der Waals surface area contributed by atoms with Gasteiger partial charge in [0.05, 0.1) is 0 Å². The van der Waals surface area contributed by atoms with Crippen LogP contribution in [0.2, 0.25) is 0 Å². The first kappa shape index (κ1) is 13.3. The second-order valence-electron chi connectivity index (χ2n) is 5.64. The minimum atomic E-state index is 0.100. The summed E-state index contributed by atoms with van der Waals surface area (Å²) in [5, 5.41) is 0. The monoisotopic (exact) mass is 325 g/mol. The fraction of sp³-hybridized carbons (Fsp3) is 0.600. The van der Waals surface area contributed by atoms with Crippen LogP contribution in [0.3, 0.4) is 0 Å². The molecule has 0 spiro atoms. The molecule has 1 heterocycles. The van der Waals surface area contributed by atoms with Crippen molar-refractivity contribution in [3.63, 3.8) is 0 Å². The van der Waals surface area contributed by atoms with E-state index in [1.54, 1.807) is 0 Å². The van der Waals surface area contributed by atoms with E-state index < -0.39 is 0 Å². The summed E-state index contributed by atoms with van der Waals surface area (Å²) < 4.78 is 12.2. The molecule has 0 atom stereocenters. The predicted octanol–water partition coefficient (Wildman–Crippen LogP) is 3.65. The van der Waals surface area contributed by atoms with Crippen molar-refractivity contribution >= 4 is 15.9 Å². The first-order valence-electron chi connectivity index (χ1n) is 6.97. The molecular weight excluding hydrogens is 306 g/mol. The van der Waals surface area contributed by atoms with Crippen molar-refractivity contribution < 1.29 is 9.47 Å². The van der Waals surface area contributed by atoms with Gasteiger partial charge in [-0.2, -0.15) is 0 Å². The molecular formula is C15H20BrNO2. The van der Waals surface area contributed by atoms with Gasteiger partial charge in [-0.05, 0) is 31.4 Å². The fourth-order valence-corrected chi connectivity index (χ4v) is 4.10. The highest BCUT2D eigenvalue weighted by Gasteiger charge is 2.36. The van der Waals surface area contributed by atoms with Crippen molar-refractivity contribution in [1.29, 1.82) is 0 Å². The maximum atomic E-state index is 6.14. The number of benzene rings is 1. The van der Waals surface area contributed by atoms with Crippen molar-refractivity contribution in [2.24, 2.45) is 5.73 Å². The van der Waals surface area contributed by atoms with Gasteiger partial charge in [0, 0.05) is 22.0 Å². The number of nitrogens with two attached hydrogens (primary N) is 1. The third-order valence-corrected chi connectivity index (χ3v) is 5.62. The number of hydrogen-bond acceptors (Lipinski definition) is 3. The third kappa shape index (κ3) is 2.05. The van der Waals surface area contributed by atoms with Gasteiger partial charge in [-0.25, -0.2) is 0 Å². The Labute approximate surface area is 122 Å². The average Bonchev–Trinajstić information content (AvgIpc) is 2.92. The van der Waals surface area contributed by atoms with Crippen molar-refractivity contribution in [3.05, 3.63) is 21.7 Å². The standard InChI is InChI=1S/C15H20BrNO2/c1-10-13(16)11(7-12-14(10)19-9-18-12)15(8-17)5-3-2-4-6-15/h7H,2-6,8-9,17H2,1H3. The van der Waals surface area contributed by atoms with E-state index in [1.165, 1.54) is 37.7 Å². The third-order valence-electron chi connectivity index (χ3n) is 4.60. The van der Waals surface area contributed by atoms with E-state index in [1.807, 2.05) is 0 Å². The van der Waals surface area contributed by atoms with E-state index in [4.69, 9.17) is 15.2 Å². The Balaban J connectivity index is 2.11. The molecule has 1 fully saturated rings. The Kier molecular flexibility index (Phi) is 3.48. The maximum Gasteiger partial charge on any atom is 0.231 e. The number of halogens is 1. The van der Waals surface area contributed by atoms with Crippen molar-refractivity contribution in [1.82, 2.24) is 0 Å². The lowest BCUT2D eigenvalue weighted by Crippen LogP contribution is -2.37. The molecule has 1 aromatic carbocycles. The molecule has 1 aromatic rings. The Morgan fingerprint density at radius 2 is 2.00 bits per heavy atom. The van der Waals surface area contributed by atoms with Gasteiger partial charge in [0.2, 0.25) is 6.79 Å². The molecule has 2 N–H and O–H groups in total. The van der Waals surface area contributed by atoms with Crippen LogP contribution in [-0.2, 0) is 5.41 Å². The Bertz CT molecular complexity index is 495. The maximum absolute atomic E-state index is 6.14. The van der Waals surface area contributed by atoms with Gasteiger partial charge >= 0.3 is 0 Å². The summed E-state index contributed by atoms with van der Waals surface area (Å²) in [6.07, 6.45) is 6.18. The van der Waals surface area contributed by atoms with E-state index >= 15 is 0 Å². The number of fused-ring (bicyclic) bond motifs is 1. The lowest BCUT2D eigenvalue weighted by molar-refractivity contribution is 0.173. The Morgan fingerprint density at radius 1 is 1.26 bits per heavy atom. The SMILES string of the molecule is Cc1c(Br)c(C2(CN)CCCCC2)cc2c1OCO2. The van der Waals surface area contributed by atoms with Crippen LogP contribution in [0.4, 0.5) is 0 Å². The fourth-order valence-electron chi connectivity index (χ4n) is 3.38. The second-order valence-corrected chi connectivity index (χ2v) is 6.44. The van der Waals surface area contributed by atoms with Crippen molar-refractivity contribution in [2.45, 2.75) is 44.4 Å². The minimum Gasteiger partial charge on any atom is -0.454 e. The zero-order valence-corrected chi connectivity index (χ0v) is 12.9. The predicted molar refractivity (Wildman–Crippen MR) is 78.8 cm³/mol. The van der Waals surface area contributed by atoms with Crippen LogP contribution in [0.1, 0.15) is 43.2 Å². The largest absolute Gasteiger partial charge is 0.454 e. The molecule has 0 aromatic heterocycles. The topological polar surface area (TPSA) is 44.5 Å². The summed E-state index contributed by atoms with van der Waals surface area (Å²) >= 11 is 3.75. The van der Waals surface area contributed by atoms with Gasteiger partial charge in [0.1, 0.15) is 0 Å². The quantitative estimate of drug-likeness (QED) is 0.902. The number of ether oxygens (including phenoxy) is 2. The molecule has 0 saturated heterocycles. The molecule has 0 unspecified atom stereocenters. The summed E-state index contributed by atoms with van der Waals surface area (Å²) in [4.78, 5) is 0. The van der Waals surface area contributed by atoms with Crippen molar-refractivity contribution in [3.8, 4) is 11.5 Å². The molecule has 1 aliphatic heterocycles. The van der Waals surface area contributed by atoms with E-state index in [0.717, 1.165) is 21.5 Å². The van der Waals surface area contributed by atoms with Gasteiger partial charge in [-0.15, -0.1) is 0 Å². The molecule has 0 amide bonds. The zero-order chi connectivity index (χ0) is 13.5. The zero-order valence-electron chi connectivity index (χ0n) is 11.3. The van der Waals surface area contributed by atoms with Crippen LogP contribution in [0, 0.1) is 6.92 Å². The first-order valence-corrected chi connectivity index (χ1v) is 7.76. The molecule has 3 nitrogen and oxygen atoms in total. The molecule has 19 heavy (non-hydrogen) atoms. The van der Waals surface area contributed by atoms with Gasteiger partial charge in [0.15, 0.2) is 11.5 Å². The van der Waals surface area contributed by atoms with Gasteiger partial charge in [-0.1, -0.05) is 35.2 Å². The summed E-state index contributed by atoms with van der Waals surface area (Å²) in [6, 6.07) is 2.14. The molecule has 1 aliphatic carbocycles. The first-order chi connectivity index (χ1) is 9.18. The molecule has 104 valence electrons. The minimum absolute atomic E-state index is 0.100. The van der Waals surface area contributed by atoms with Crippen LogP contribution in [-0.4, -0.2) is 13.3 Å².